The van der Waals surface area contributed by atoms with Crippen LogP contribution in [0.15, 0.2) is 42.7 Å². The molecular formula is C14H14N2O. The van der Waals surface area contributed by atoms with E-state index < -0.39 is 0 Å². The Morgan fingerprint density at radius 1 is 1.29 bits per heavy atom. The summed E-state index contributed by atoms with van der Waals surface area (Å²) in [6.45, 7) is 0. The predicted octanol–water partition coefficient (Wildman–Crippen LogP) is 2.25. The fourth-order valence-electron chi connectivity index (χ4n) is 2.33. The van der Waals surface area contributed by atoms with Gasteiger partial charge in [0.15, 0.2) is 5.78 Å². The Morgan fingerprint density at radius 3 is 2.65 bits per heavy atom. The van der Waals surface area contributed by atoms with Gasteiger partial charge in [-0.15, -0.1) is 0 Å². The third-order valence-electron chi connectivity index (χ3n) is 3.49. The van der Waals surface area contributed by atoms with E-state index in [9.17, 15) is 4.79 Å². The number of carbonyl (C=O) groups excluding carboxylic acids is 1. The lowest BCUT2D eigenvalue weighted by Crippen LogP contribution is -2.22. The van der Waals surface area contributed by atoms with Crippen LogP contribution in [-0.2, 0) is 16.6 Å². The molecule has 1 saturated carbocycles. The van der Waals surface area contributed by atoms with E-state index in [-0.39, 0.29) is 11.2 Å². The number of nitrogens with zero attached hydrogens (tertiary/aromatic N) is 1. The molecule has 17 heavy (non-hydrogen) atoms. The van der Waals surface area contributed by atoms with E-state index in [0.717, 1.165) is 24.2 Å². The highest BCUT2D eigenvalue weighted by Gasteiger charge is 2.50. The van der Waals surface area contributed by atoms with Crippen molar-refractivity contribution in [3.05, 3.63) is 54.1 Å². The number of imidazole rings is 1. The van der Waals surface area contributed by atoms with Crippen LogP contribution in [0.5, 0.6) is 0 Å². The van der Waals surface area contributed by atoms with Crippen molar-refractivity contribution in [1.29, 1.82) is 0 Å². The minimum absolute atomic E-state index is 0.228. The van der Waals surface area contributed by atoms with Crippen molar-refractivity contribution in [3.8, 4) is 0 Å². The van der Waals surface area contributed by atoms with E-state index in [2.05, 4.69) is 9.97 Å². The van der Waals surface area contributed by atoms with Crippen LogP contribution in [-0.4, -0.2) is 15.8 Å². The smallest absolute Gasteiger partial charge is 0.150 e. The first-order chi connectivity index (χ1) is 8.31. The fourth-order valence-corrected chi connectivity index (χ4v) is 2.33. The molecule has 3 nitrogen and oxygen atoms in total. The van der Waals surface area contributed by atoms with Crippen LogP contribution < -0.4 is 0 Å². The van der Waals surface area contributed by atoms with Crippen LogP contribution >= 0.6 is 0 Å². The normalized spacial score (nSPS) is 16.7. The van der Waals surface area contributed by atoms with Gasteiger partial charge in [-0.2, -0.15) is 0 Å². The maximum atomic E-state index is 12.3. The Labute approximate surface area is 99.9 Å². The molecule has 0 radical (unpaired) electrons. The van der Waals surface area contributed by atoms with Crippen LogP contribution in [0.4, 0.5) is 0 Å². The average molecular weight is 226 g/mol. The summed E-state index contributed by atoms with van der Waals surface area (Å²) in [6, 6.07) is 10.1. The summed E-state index contributed by atoms with van der Waals surface area (Å²) in [6.07, 6.45) is 5.78. The molecule has 0 spiro atoms. The minimum atomic E-state index is -0.228. The van der Waals surface area contributed by atoms with E-state index in [1.807, 2.05) is 30.3 Å². The van der Waals surface area contributed by atoms with Gasteiger partial charge in [-0.05, 0) is 18.4 Å². The first-order valence-corrected chi connectivity index (χ1v) is 5.88. The Balaban J connectivity index is 1.82. The third-order valence-corrected chi connectivity index (χ3v) is 3.49. The van der Waals surface area contributed by atoms with Gasteiger partial charge >= 0.3 is 0 Å². The van der Waals surface area contributed by atoms with Crippen molar-refractivity contribution in [3.63, 3.8) is 0 Å². The number of hydrogen-bond acceptors (Lipinski definition) is 2. The Morgan fingerprint density at radius 2 is 2.06 bits per heavy atom. The van der Waals surface area contributed by atoms with E-state index in [1.165, 1.54) is 0 Å². The van der Waals surface area contributed by atoms with Crippen LogP contribution in [0.2, 0.25) is 0 Å². The molecule has 86 valence electrons. The van der Waals surface area contributed by atoms with Crippen molar-refractivity contribution in [2.45, 2.75) is 24.7 Å². The lowest BCUT2D eigenvalue weighted by Gasteiger charge is -2.13. The molecule has 1 heterocycles. The molecule has 1 N–H and O–H groups in total. The van der Waals surface area contributed by atoms with E-state index in [1.54, 1.807) is 12.4 Å². The SMILES string of the molecule is O=C(Cc1ncc[nH]1)C1(c2ccccc2)CC1. The standard InChI is InChI=1S/C14H14N2O/c17-12(10-13-15-8-9-16-13)14(6-7-14)11-4-2-1-3-5-11/h1-5,8-9H,6-7,10H2,(H,15,16). The van der Waals surface area contributed by atoms with Gasteiger partial charge in [-0.1, -0.05) is 30.3 Å². The first-order valence-electron chi connectivity index (χ1n) is 5.88. The topological polar surface area (TPSA) is 45.8 Å². The van der Waals surface area contributed by atoms with Gasteiger partial charge in [-0.25, -0.2) is 4.98 Å². The molecule has 1 aliphatic rings. The molecule has 0 amide bonds. The highest BCUT2D eigenvalue weighted by molar-refractivity contribution is 5.94. The highest BCUT2D eigenvalue weighted by Crippen LogP contribution is 2.49. The van der Waals surface area contributed by atoms with Gasteiger partial charge in [0, 0.05) is 12.4 Å². The molecule has 1 aromatic heterocycles. The summed E-state index contributed by atoms with van der Waals surface area (Å²) in [5, 5.41) is 0. The second-order valence-electron chi connectivity index (χ2n) is 4.58. The number of benzene rings is 1. The monoisotopic (exact) mass is 226 g/mol. The van der Waals surface area contributed by atoms with E-state index >= 15 is 0 Å². The molecule has 3 heteroatoms. The first kappa shape index (κ1) is 10.3. The zero-order valence-electron chi connectivity index (χ0n) is 9.52. The van der Waals surface area contributed by atoms with Gasteiger partial charge in [-0.3, -0.25) is 4.79 Å². The second kappa shape index (κ2) is 3.84. The molecular weight excluding hydrogens is 212 g/mol. The number of H-pyrrole nitrogens is 1. The molecule has 1 fully saturated rings. The molecule has 0 saturated heterocycles. The van der Waals surface area contributed by atoms with Crippen molar-refractivity contribution >= 4 is 5.78 Å². The van der Waals surface area contributed by atoms with Gasteiger partial charge in [0.1, 0.15) is 5.82 Å². The maximum Gasteiger partial charge on any atom is 0.150 e. The van der Waals surface area contributed by atoms with Crippen molar-refractivity contribution in [1.82, 2.24) is 9.97 Å². The predicted molar refractivity (Wildman–Crippen MR) is 64.7 cm³/mol. The molecule has 3 rings (SSSR count). The quantitative estimate of drug-likeness (QED) is 0.869. The maximum absolute atomic E-state index is 12.3. The number of carbonyl (C=O) groups is 1. The summed E-state index contributed by atoms with van der Waals surface area (Å²) in [4.78, 5) is 19.4. The molecule has 0 aliphatic heterocycles. The number of rotatable bonds is 4. The van der Waals surface area contributed by atoms with Crippen molar-refractivity contribution < 1.29 is 4.79 Å². The number of hydrogen-bond donors (Lipinski definition) is 1. The summed E-state index contributed by atoms with van der Waals surface area (Å²) < 4.78 is 0. The van der Waals surface area contributed by atoms with Crippen LogP contribution in [0.1, 0.15) is 24.2 Å². The molecule has 1 aliphatic carbocycles. The Kier molecular flexibility index (Phi) is 2.32. The zero-order valence-corrected chi connectivity index (χ0v) is 9.52. The molecule has 0 atom stereocenters. The van der Waals surface area contributed by atoms with Gasteiger partial charge in [0.2, 0.25) is 0 Å². The van der Waals surface area contributed by atoms with Gasteiger partial charge < -0.3 is 4.98 Å². The zero-order chi connectivity index (χ0) is 11.7. The summed E-state index contributed by atoms with van der Waals surface area (Å²) in [7, 11) is 0. The molecule has 0 bridgehead atoms. The van der Waals surface area contributed by atoms with Crippen LogP contribution in [0.3, 0.4) is 0 Å². The molecule has 0 unspecified atom stereocenters. The van der Waals surface area contributed by atoms with E-state index in [4.69, 9.17) is 0 Å². The Bertz CT molecular complexity index is 512. The summed E-state index contributed by atoms with van der Waals surface area (Å²) in [5.74, 6) is 1.04. The highest BCUT2D eigenvalue weighted by atomic mass is 16.1. The molecule has 2 aromatic rings. The van der Waals surface area contributed by atoms with Gasteiger partial charge in [0.25, 0.3) is 0 Å². The number of nitrogens with one attached hydrogen (secondary N) is 1. The molecule has 1 aromatic carbocycles. The average Bonchev–Trinajstić information content (AvgIpc) is 3.04. The number of aromatic amines is 1. The van der Waals surface area contributed by atoms with Crippen molar-refractivity contribution in [2.75, 3.05) is 0 Å². The Hall–Kier alpha value is -1.90. The third kappa shape index (κ3) is 1.78. The van der Waals surface area contributed by atoms with Crippen LogP contribution in [0.25, 0.3) is 0 Å². The van der Waals surface area contributed by atoms with E-state index in [0.29, 0.717) is 6.42 Å². The summed E-state index contributed by atoms with van der Waals surface area (Å²) in [5.41, 5.74) is 0.921. The minimum Gasteiger partial charge on any atom is -0.348 e. The van der Waals surface area contributed by atoms with Crippen molar-refractivity contribution in [2.24, 2.45) is 0 Å². The second-order valence-corrected chi connectivity index (χ2v) is 4.58. The number of ketones is 1. The lowest BCUT2D eigenvalue weighted by molar-refractivity contribution is -0.120. The number of aromatic nitrogens is 2. The number of Topliss-reactive ketones (excluding diaryl/α,β-unsaturated/α-hetero) is 1. The fraction of sp³-hybridized carbons (Fsp3) is 0.286. The van der Waals surface area contributed by atoms with Gasteiger partial charge in [0.05, 0.1) is 11.8 Å². The largest absolute Gasteiger partial charge is 0.348 e. The van der Waals surface area contributed by atoms with Crippen LogP contribution in [0, 0.1) is 0 Å². The summed E-state index contributed by atoms with van der Waals surface area (Å²) >= 11 is 0. The lowest BCUT2D eigenvalue weighted by atomic mass is 9.89.